The lowest BCUT2D eigenvalue weighted by Crippen LogP contribution is -2.46. The monoisotopic (exact) mass is 242 g/mol. The maximum absolute atomic E-state index is 11.7. The second-order valence-corrected chi connectivity index (χ2v) is 4.61. The Balaban J connectivity index is 1.92. The molecule has 0 saturated carbocycles. The van der Waals surface area contributed by atoms with Gasteiger partial charge in [-0.2, -0.15) is 0 Å². The largest absolute Gasteiger partial charge is 0.381 e. The molecule has 100 valence electrons. The summed E-state index contributed by atoms with van der Waals surface area (Å²) in [5.41, 5.74) is 0. The van der Waals surface area contributed by atoms with E-state index in [1.807, 2.05) is 0 Å². The molecule has 0 aromatic carbocycles. The fourth-order valence-electron chi connectivity index (χ4n) is 1.93. The third-order valence-electron chi connectivity index (χ3n) is 3.03. The molecule has 1 heterocycles. The zero-order chi connectivity index (χ0) is 12.3. The summed E-state index contributed by atoms with van der Waals surface area (Å²) in [6.45, 7) is 5.44. The van der Waals surface area contributed by atoms with Crippen LogP contribution >= 0.6 is 0 Å². The lowest BCUT2D eigenvalue weighted by molar-refractivity contribution is -0.123. The quantitative estimate of drug-likeness (QED) is 0.633. The van der Waals surface area contributed by atoms with Gasteiger partial charge in [-0.15, -0.1) is 0 Å². The zero-order valence-corrected chi connectivity index (χ0v) is 11.0. The van der Waals surface area contributed by atoms with Gasteiger partial charge in [-0.25, -0.2) is 0 Å². The molecule has 17 heavy (non-hydrogen) atoms. The van der Waals surface area contributed by atoms with Gasteiger partial charge in [0.15, 0.2) is 0 Å². The van der Waals surface area contributed by atoms with Crippen LogP contribution in [0.5, 0.6) is 0 Å². The first kappa shape index (κ1) is 14.5. The Morgan fingerprint density at radius 2 is 2.18 bits per heavy atom. The Kier molecular flexibility index (Phi) is 8.01. The summed E-state index contributed by atoms with van der Waals surface area (Å²) in [6, 6.07) is 0.0322. The molecule has 1 rings (SSSR count). The molecule has 0 aliphatic carbocycles. The molecule has 4 nitrogen and oxygen atoms in total. The van der Waals surface area contributed by atoms with E-state index in [0.717, 1.165) is 52.0 Å². The lowest BCUT2D eigenvalue weighted by Gasteiger charge is -2.22. The van der Waals surface area contributed by atoms with Gasteiger partial charge in [0.05, 0.1) is 6.04 Å². The number of piperidine rings is 1. The zero-order valence-electron chi connectivity index (χ0n) is 11.0. The minimum atomic E-state index is 0.0322. The Morgan fingerprint density at radius 1 is 1.35 bits per heavy atom. The van der Waals surface area contributed by atoms with Gasteiger partial charge >= 0.3 is 0 Å². The van der Waals surface area contributed by atoms with E-state index in [4.69, 9.17) is 4.74 Å². The lowest BCUT2D eigenvalue weighted by atomic mass is 10.0. The van der Waals surface area contributed by atoms with Crippen molar-refractivity contribution in [3.8, 4) is 0 Å². The van der Waals surface area contributed by atoms with Crippen molar-refractivity contribution in [3.63, 3.8) is 0 Å². The highest BCUT2D eigenvalue weighted by Crippen LogP contribution is 2.06. The molecular weight excluding hydrogens is 216 g/mol. The molecule has 0 spiro atoms. The van der Waals surface area contributed by atoms with Crippen LogP contribution in [-0.4, -0.2) is 38.3 Å². The normalized spacial score (nSPS) is 20.2. The van der Waals surface area contributed by atoms with Crippen LogP contribution in [0.15, 0.2) is 0 Å². The number of hydrogen-bond acceptors (Lipinski definition) is 3. The third-order valence-corrected chi connectivity index (χ3v) is 3.03. The summed E-state index contributed by atoms with van der Waals surface area (Å²) in [6.07, 6.45) is 6.52. The molecule has 0 bridgehead atoms. The molecule has 1 aliphatic rings. The van der Waals surface area contributed by atoms with Crippen molar-refractivity contribution in [1.82, 2.24) is 10.6 Å². The SMILES string of the molecule is CCCCOCCCNC(=O)C1CCCCN1. The molecule has 1 fully saturated rings. The van der Waals surface area contributed by atoms with E-state index < -0.39 is 0 Å². The number of amides is 1. The summed E-state index contributed by atoms with van der Waals surface area (Å²) >= 11 is 0. The smallest absolute Gasteiger partial charge is 0.237 e. The van der Waals surface area contributed by atoms with Gasteiger partial charge in [0.25, 0.3) is 0 Å². The van der Waals surface area contributed by atoms with Crippen molar-refractivity contribution in [3.05, 3.63) is 0 Å². The number of hydrogen-bond donors (Lipinski definition) is 2. The van der Waals surface area contributed by atoms with E-state index in [-0.39, 0.29) is 11.9 Å². The van der Waals surface area contributed by atoms with Crippen LogP contribution in [0.4, 0.5) is 0 Å². The first-order valence-electron chi connectivity index (χ1n) is 6.93. The Bertz CT molecular complexity index is 204. The molecule has 0 radical (unpaired) electrons. The molecule has 1 aliphatic heterocycles. The van der Waals surface area contributed by atoms with Crippen molar-refractivity contribution < 1.29 is 9.53 Å². The summed E-state index contributed by atoms with van der Waals surface area (Å²) in [5, 5.41) is 6.21. The second-order valence-electron chi connectivity index (χ2n) is 4.61. The highest BCUT2D eigenvalue weighted by Gasteiger charge is 2.19. The minimum absolute atomic E-state index is 0.0322. The van der Waals surface area contributed by atoms with Crippen molar-refractivity contribution in [1.29, 1.82) is 0 Å². The first-order chi connectivity index (χ1) is 8.34. The second kappa shape index (κ2) is 9.42. The summed E-state index contributed by atoms with van der Waals surface area (Å²) < 4.78 is 5.43. The molecule has 4 heteroatoms. The molecule has 1 saturated heterocycles. The van der Waals surface area contributed by atoms with E-state index in [0.29, 0.717) is 0 Å². The van der Waals surface area contributed by atoms with Gasteiger partial charge in [0, 0.05) is 19.8 Å². The van der Waals surface area contributed by atoms with Crippen LogP contribution in [0.2, 0.25) is 0 Å². The predicted molar refractivity (Wildman–Crippen MR) is 69.0 cm³/mol. The molecule has 1 amide bonds. The van der Waals surface area contributed by atoms with Crippen molar-refractivity contribution in [2.24, 2.45) is 0 Å². The van der Waals surface area contributed by atoms with Crippen LogP contribution in [0.25, 0.3) is 0 Å². The fraction of sp³-hybridized carbons (Fsp3) is 0.923. The number of rotatable bonds is 8. The Hall–Kier alpha value is -0.610. The van der Waals surface area contributed by atoms with Gasteiger partial charge in [0.2, 0.25) is 5.91 Å². The van der Waals surface area contributed by atoms with Gasteiger partial charge in [-0.05, 0) is 32.2 Å². The average molecular weight is 242 g/mol. The Morgan fingerprint density at radius 3 is 2.88 bits per heavy atom. The van der Waals surface area contributed by atoms with Crippen LogP contribution in [0.1, 0.15) is 45.4 Å². The van der Waals surface area contributed by atoms with E-state index in [1.54, 1.807) is 0 Å². The van der Waals surface area contributed by atoms with E-state index in [1.165, 1.54) is 12.8 Å². The topological polar surface area (TPSA) is 50.4 Å². The van der Waals surface area contributed by atoms with Crippen molar-refractivity contribution in [2.75, 3.05) is 26.3 Å². The maximum atomic E-state index is 11.7. The first-order valence-corrected chi connectivity index (χ1v) is 6.93. The fourth-order valence-corrected chi connectivity index (χ4v) is 1.93. The van der Waals surface area contributed by atoms with E-state index in [9.17, 15) is 4.79 Å². The highest BCUT2D eigenvalue weighted by atomic mass is 16.5. The summed E-state index contributed by atoms with van der Waals surface area (Å²) in [7, 11) is 0. The number of nitrogens with one attached hydrogen (secondary N) is 2. The number of unbranched alkanes of at least 4 members (excludes halogenated alkanes) is 1. The van der Waals surface area contributed by atoms with Crippen molar-refractivity contribution >= 4 is 5.91 Å². The average Bonchev–Trinajstić information content (AvgIpc) is 2.38. The number of carbonyl (C=O) groups excluding carboxylic acids is 1. The van der Waals surface area contributed by atoms with Gasteiger partial charge in [0.1, 0.15) is 0 Å². The maximum Gasteiger partial charge on any atom is 0.237 e. The Labute approximate surface area is 104 Å². The third kappa shape index (κ3) is 6.64. The molecule has 2 N–H and O–H groups in total. The van der Waals surface area contributed by atoms with Gasteiger partial charge < -0.3 is 15.4 Å². The van der Waals surface area contributed by atoms with Gasteiger partial charge in [-0.1, -0.05) is 19.8 Å². The molecule has 1 atom stereocenters. The highest BCUT2D eigenvalue weighted by molar-refractivity contribution is 5.81. The molecular formula is C13H26N2O2. The number of carbonyl (C=O) groups is 1. The summed E-state index contributed by atoms with van der Waals surface area (Å²) in [4.78, 5) is 11.7. The molecule has 0 aromatic heterocycles. The summed E-state index contributed by atoms with van der Waals surface area (Å²) in [5.74, 6) is 0.151. The van der Waals surface area contributed by atoms with E-state index in [2.05, 4.69) is 17.6 Å². The standard InChI is InChI=1S/C13H26N2O2/c1-2-3-10-17-11-6-9-15-13(16)12-7-4-5-8-14-12/h12,14H,2-11H2,1H3,(H,15,16). The molecule has 1 unspecified atom stereocenters. The van der Waals surface area contributed by atoms with Crippen LogP contribution in [0.3, 0.4) is 0 Å². The molecule has 0 aromatic rings. The van der Waals surface area contributed by atoms with Crippen LogP contribution < -0.4 is 10.6 Å². The predicted octanol–water partition coefficient (Wildman–Crippen LogP) is 1.45. The van der Waals surface area contributed by atoms with Crippen molar-refractivity contribution in [2.45, 2.75) is 51.5 Å². The van der Waals surface area contributed by atoms with Crippen LogP contribution in [-0.2, 0) is 9.53 Å². The van der Waals surface area contributed by atoms with Gasteiger partial charge in [-0.3, -0.25) is 4.79 Å². The van der Waals surface area contributed by atoms with E-state index >= 15 is 0 Å². The van der Waals surface area contributed by atoms with Crippen LogP contribution in [0, 0.1) is 0 Å². The number of ether oxygens (including phenoxy) is 1. The minimum Gasteiger partial charge on any atom is -0.381 e.